The first kappa shape index (κ1) is 10.4. The molecule has 82 valence electrons. The van der Waals surface area contributed by atoms with Gasteiger partial charge in [0.15, 0.2) is 0 Å². The van der Waals surface area contributed by atoms with Gasteiger partial charge in [-0.3, -0.25) is 4.90 Å². The van der Waals surface area contributed by atoms with Gasteiger partial charge < -0.3 is 10.6 Å². The Balaban J connectivity index is 1.63. The largest absolute Gasteiger partial charge is 0.315 e. The van der Waals surface area contributed by atoms with Crippen molar-refractivity contribution in [3.05, 3.63) is 0 Å². The Kier molecular flexibility index (Phi) is 3.42. The minimum Gasteiger partial charge on any atom is -0.315 e. The normalized spacial score (nSPS) is 29.8. The van der Waals surface area contributed by atoms with Crippen LogP contribution in [0.3, 0.4) is 0 Å². The van der Waals surface area contributed by atoms with Crippen LogP contribution >= 0.6 is 0 Å². The van der Waals surface area contributed by atoms with Crippen LogP contribution in [0, 0.1) is 0 Å². The minimum atomic E-state index is 0.683. The number of rotatable bonds is 5. The summed E-state index contributed by atoms with van der Waals surface area (Å²) in [5, 5.41) is 7.03. The van der Waals surface area contributed by atoms with E-state index in [-0.39, 0.29) is 0 Å². The summed E-state index contributed by atoms with van der Waals surface area (Å²) in [5.74, 6) is 0. The topological polar surface area (TPSA) is 27.3 Å². The van der Waals surface area contributed by atoms with Crippen LogP contribution in [0.4, 0.5) is 0 Å². The first-order chi connectivity index (χ1) is 6.77. The molecule has 2 rings (SSSR count). The van der Waals surface area contributed by atoms with Crippen molar-refractivity contribution in [3.63, 3.8) is 0 Å². The number of nitrogens with zero attached hydrogens (tertiary/aromatic N) is 1. The molecule has 0 spiro atoms. The van der Waals surface area contributed by atoms with Gasteiger partial charge in [0.25, 0.3) is 0 Å². The molecule has 0 aromatic carbocycles. The zero-order chi connectivity index (χ0) is 9.97. The molecule has 1 aliphatic heterocycles. The molecule has 2 unspecified atom stereocenters. The lowest BCUT2D eigenvalue weighted by molar-refractivity contribution is 0.236. The van der Waals surface area contributed by atoms with Gasteiger partial charge in [-0.15, -0.1) is 0 Å². The Morgan fingerprint density at radius 3 is 2.79 bits per heavy atom. The Labute approximate surface area is 87.2 Å². The quantitative estimate of drug-likeness (QED) is 0.669. The lowest BCUT2D eigenvalue weighted by atomic mass is 10.2. The van der Waals surface area contributed by atoms with E-state index in [1.165, 1.54) is 25.8 Å². The summed E-state index contributed by atoms with van der Waals surface area (Å²) in [5.41, 5.74) is 0. The van der Waals surface area contributed by atoms with Crippen molar-refractivity contribution in [3.8, 4) is 0 Å². The zero-order valence-electron chi connectivity index (χ0n) is 9.42. The van der Waals surface area contributed by atoms with Gasteiger partial charge in [0.2, 0.25) is 0 Å². The third-order valence-electron chi connectivity index (χ3n) is 3.58. The van der Waals surface area contributed by atoms with E-state index in [9.17, 15) is 0 Å². The Morgan fingerprint density at radius 2 is 2.21 bits per heavy atom. The molecule has 0 radical (unpaired) electrons. The van der Waals surface area contributed by atoms with Crippen molar-refractivity contribution in [1.29, 1.82) is 0 Å². The highest BCUT2D eigenvalue weighted by Gasteiger charge is 2.29. The monoisotopic (exact) mass is 197 g/mol. The van der Waals surface area contributed by atoms with Crippen LogP contribution in [-0.2, 0) is 0 Å². The van der Waals surface area contributed by atoms with Gasteiger partial charge in [-0.25, -0.2) is 0 Å². The second-order valence-corrected chi connectivity index (χ2v) is 4.84. The van der Waals surface area contributed by atoms with E-state index in [1.54, 1.807) is 0 Å². The second-order valence-electron chi connectivity index (χ2n) is 4.84. The molecule has 3 nitrogen and oxygen atoms in total. The average molecular weight is 197 g/mol. The molecule has 0 bridgehead atoms. The van der Waals surface area contributed by atoms with Crippen LogP contribution in [-0.4, -0.2) is 49.7 Å². The molecule has 2 N–H and O–H groups in total. The first-order valence-corrected chi connectivity index (χ1v) is 5.93. The summed E-state index contributed by atoms with van der Waals surface area (Å²) in [6.07, 6.45) is 4.11. The number of hydrogen-bond acceptors (Lipinski definition) is 3. The Morgan fingerprint density at radius 1 is 1.43 bits per heavy atom. The van der Waals surface area contributed by atoms with Gasteiger partial charge in [-0.05, 0) is 39.8 Å². The lowest BCUT2D eigenvalue weighted by Crippen LogP contribution is -2.43. The third kappa shape index (κ3) is 2.69. The Hall–Kier alpha value is -0.120. The summed E-state index contributed by atoms with van der Waals surface area (Å²) < 4.78 is 0. The van der Waals surface area contributed by atoms with E-state index in [1.807, 2.05) is 0 Å². The SMILES string of the molecule is CC(CNC1CCNC1)N(C)C1CC1. The zero-order valence-corrected chi connectivity index (χ0v) is 9.42. The van der Waals surface area contributed by atoms with E-state index in [0.29, 0.717) is 12.1 Å². The predicted molar refractivity (Wildman–Crippen MR) is 59.5 cm³/mol. The van der Waals surface area contributed by atoms with Gasteiger partial charge in [0.1, 0.15) is 0 Å². The summed E-state index contributed by atoms with van der Waals surface area (Å²) in [7, 11) is 2.26. The highest BCUT2D eigenvalue weighted by molar-refractivity contribution is 4.87. The third-order valence-corrected chi connectivity index (χ3v) is 3.58. The summed E-state index contributed by atoms with van der Waals surface area (Å²) in [4.78, 5) is 2.52. The number of hydrogen-bond donors (Lipinski definition) is 2. The van der Waals surface area contributed by atoms with Crippen LogP contribution in [0.1, 0.15) is 26.2 Å². The maximum Gasteiger partial charge on any atom is 0.0205 e. The van der Waals surface area contributed by atoms with Crippen LogP contribution in [0.25, 0.3) is 0 Å². The van der Waals surface area contributed by atoms with Crippen molar-refractivity contribution in [2.45, 2.75) is 44.3 Å². The fourth-order valence-electron chi connectivity index (χ4n) is 2.15. The van der Waals surface area contributed by atoms with Gasteiger partial charge in [-0.1, -0.05) is 0 Å². The highest BCUT2D eigenvalue weighted by Crippen LogP contribution is 2.26. The average Bonchev–Trinajstić information content (AvgIpc) is 2.91. The van der Waals surface area contributed by atoms with Crippen molar-refractivity contribution in [1.82, 2.24) is 15.5 Å². The molecule has 1 aliphatic carbocycles. The summed E-state index contributed by atoms with van der Waals surface area (Å²) >= 11 is 0. The summed E-state index contributed by atoms with van der Waals surface area (Å²) in [6, 6.07) is 2.28. The standard InChI is InChI=1S/C11H23N3/c1-9(14(2)11-3-4-11)7-13-10-5-6-12-8-10/h9-13H,3-8H2,1-2H3. The predicted octanol–water partition coefficient (Wildman–Crippen LogP) is 0.421. The van der Waals surface area contributed by atoms with Crippen LogP contribution < -0.4 is 10.6 Å². The van der Waals surface area contributed by atoms with E-state index in [2.05, 4.69) is 29.5 Å². The lowest BCUT2D eigenvalue weighted by Gasteiger charge is -2.26. The fourth-order valence-corrected chi connectivity index (χ4v) is 2.15. The molecule has 1 saturated carbocycles. The first-order valence-electron chi connectivity index (χ1n) is 5.93. The molecule has 2 aliphatic rings. The van der Waals surface area contributed by atoms with Crippen LogP contribution in [0.2, 0.25) is 0 Å². The van der Waals surface area contributed by atoms with Crippen LogP contribution in [0.15, 0.2) is 0 Å². The van der Waals surface area contributed by atoms with Crippen molar-refractivity contribution in [2.24, 2.45) is 0 Å². The molecule has 0 aromatic heterocycles. The van der Waals surface area contributed by atoms with Gasteiger partial charge >= 0.3 is 0 Å². The van der Waals surface area contributed by atoms with Gasteiger partial charge in [-0.2, -0.15) is 0 Å². The molecule has 3 heteroatoms. The van der Waals surface area contributed by atoms with E-state index in [0.717, 1.165) is 19.1 Å². The Bertz CT molecular complexity index is 173. The summed E-state index contributed by atoms with van der Waals surface area (Å²) in [6.45, 7) is 5.80. The van der Waals surface area contributed by atoms with Crippen molar-refractivity contribution in [2.75, 3.05) is 26.7 Å². The molecule has 0 aromatic rings. The van der Waals surface area contributed by atoms with Crippen molar-refractivity contribution < 1.29 is 0 Å². The molecular weight excluding hydrogens is 174 g/mol. The molecule has 1 saturated heterocycles. The number of likely N-dealkylation sites (N-methyl/N-ethyl adjacent to an activating group) is 1. The molecule has 2 atom stereocenters. The van der Waals surface area contributed by atoms with Crippen LogP contribution in [0.5, 0.6) is 0 Å². The van der Waals surface area contributed by atoms with Crippen molar-refractivity contribution >= 4 is 0 Å². The second kappa shape index (κ2) is 4.60. The fraction of sp³-hybridized carbons (Fsp3) is 1.00. The highest BCUT2D eigenvalue weighted by atomic mass is 15.2. The molecule has 1 heterocycles. The van der Waals surface area contributed by atoms with Gasteiger partial charge in [0, 0.05) is 31.2 Å². The molecule has 14 heavy (non-hydrogen) atoms. The van der Waals surface area contributed by atoms with Gasteiger partial charge in [0.05, 0.1) is 0 Å². The smallest absolute Gasteiger partial charge is 0.0205 e. The maximum atomic E-state index is 3.64. The molecule has 2 fully saturated rings. The maximum absolute atomic E-state index is 3.64. The minimum absolute atomic E-state index is 0.683. The van der Waals surface area contributed by atoms with E-state index in [4.69, 9.17) is 0 Å². The number of nitrogens with one attached hydrogen (secondary N) is 2. The van der Waals surface area contributed by atoms with E-state index < -0.39 is 0 Å². The molecule has 0 amide bonds. The van der Waals surface area contributed by atoms with E-state index >= 15 is 0 Å². The molecular formula is C11H23N3.